The lowest BCUT2D eigenvalue weighted by Crippen LogP contribution is -2.54. The van der Waals surface area contributed by atoms with Crippen LogP contribution < -0.4 is 15.8 Å². The third kappa shape index (κ3) is 8.22. The fourth-order valence-corrected chi connectivity index (χ4v) is 5.00. The van der Waals surface area contributed by atoms with Crippen LogP contribution in [0.5, 0.6) is 5.88 Å². The van der Waals surface area contributed by atoms with Crippen LogP contribution in [-0.4, -0.2) is 73.9 Å². The zero-order valence-electron chi connectivity index (χ0n) is 20.9. The number of nitrogens with one attached hydrogen (secondary N) is 1. The molecule has 9 nitrogen and oxygen atoms in total. The second-order valence-corrected chi connectivity index (χ2v) is 9.82. The summed E-state index contributed by atoms with van der Waals surface area (Å²) in [5.74, 6) is -0.123. The Balaban J connectivity index is 1.38. The molecule has 3 N–H and O–H groups in total. The number of carbonyl (C=O) groups excluding carboxylic acids is 2. The van der Waals surface area contributed by atoms with Crippen molar-refractivity contribution in [1.82, 2.24) is 15.2 Å². The zero-order chi connectivity index (χ0) is 25.2. The molecule has 0 spiro atoms. The number of esters is 1. The van der Waals surface area contributed by atoms with Crippen molar-refractivity contribution in [3.63, 3.8) is 0 Å². The van der Waals surface area contributed by atoms with E-state index in [-0.39, 0.29) is 52.4 Å². The molecule has 0 aromatic carbocycles. The number of hydrogen-bond donors (Lipinski definition) is 2. The minimum atomic E-state index is -0.322. The molecule has 2 fully saturated rings. The van der Waals surface area contributed by atoms with E-state index in [9.17, 15) is 9.59 Å². The van der Waals surface area contributed by atoms with E-state index in [1.807, 2.05) is 0 Å². The highest BCUT2D eigenvalue weighted by Crippen LogP contribution is 2.26. The Morgan fingerprint density at radius 1 is 1.17 bits per heavy atom. The molecule has 1 amide bonds. The lowest BCUT2D eigenvalue weighted by Gasteiger charge is -2.38. The normalized spacial score (nSPS) is 21.5. The second-order valence-electron chi connectivity index (χ2n) is 9.42. The van der Waals surface area contributed by atoms with Gasteiger partial charge < -0.3 is 30.2 Å². The highest BCUT2D eigenvalue weighted by atomic mass is 35.5. The van der Waals surface area contributed by atoms with Crippen molar-refractivity contribution in [2.45, 2.75) is 82.5 Å². The molecule has 2 aliphatic rings. The Morgan fingerprint density at radius 3 is 2.66 bits per heavy atom. The zero-order valence-corrected chi connectivity index (χ0v) is 21.6. The average molecular weight is 511 g/mol. The fourth-order valence-electron chi connectivity index (χ4n) is 4.85. The lowest BCUT2D eigenvalue weighted by molar-refractivity contribution is -0.150. The number of ether oxygens (including phenoxy) is 3. The van der Waals surface area contributed by atoms with E-state index in [2.05, 4.69) is 15.2 Å². The summed E-state index contributed by atoms with van der Waals surface area (Å²) in [7, 11) is 3.09. The van der Waals surface area contributed by atoms with Crippen LogP contribution in [0.4, 0.5) is 5.82 Å². The van der Waals surface area contributed by atoms with Gasteiger partial charge in [-0.1, -0.05) is 24.4 Å². The number of nitrogens with two attached hydrogens (primary N) is 1. The van der Waals surface area contributed by atoms with Crippen molar-refractivity contribution in [3.8, 4) is 5.88 Å². The first-order chi connectivity index (χ1) is 16.9. The van der Waals surface area contributed by atoms with Crippen molar-refractivity contribution < 1.29 is 23.8 Å². The number of rotatable bonds is 11. The van der Waals surface area contributed by atoms with E-state index in [0.29, 0.717) is 6.42 Å². The van der Waals surface area contributed by atoms with Crippen molar-refractivity contribution in [1.29, 1.82) is 0 Å². The van der Waals surface area contributed by atoms with Crippen molar-refractivity contribution >= 4 is 29.3 Å². The molecule has 10 heteroatoms. The van der Waals surface area contributed by atoms with Gasteiger partial charge in [0.1, 0.15) is 17.5 Å². The monoisotopic (exact) mass is 510 g/mol. The number of anilines is 1. The van der Waals surface area contributed by atoms with E-state index in [1.54, 1.807) is 7.11 Å². The maximum absolute atomic E-state index is 12.9. The Morgan fingerprint density at radius 2 is 1.94 bits per heavy atom. The van der Waals surface area contributed by atoms with Gasteiger partial charge in [0, 0.05) is 26.6 Å². The number of nitrogens with zero attached hydrogens (tertiary/aromatic N) is 2. The molecule has 1 aliphatic heterocycles. The second kappa shape index (κ2) is 13.8. The summed E-state index contributed by atoms with van der Waals surface area (Å²) in [4.78, 5) is 31.3. The van der Waals surface area contributed by atoms with E-state index >= 15 is 0 Å². The maximum Gasteiger partial charge on any atom is 0.306 e. The molecule has 0 unspecified atom stereocenters. The number of nitrogen functional groups attached to an aromatic ring is 1. The van der Waals surface area contributed by atoms with Crippen LogP contribution >= 0.6 is 11.6 Å². The molecule has 1 saturated heterocycles. The number of halogens is 1. The minimum absolute atomic E-state index is 0.0536. The van der Waals surface area contributed by atoms with Crippen LogP contribution in [0.25, 0.3) is 0 Å². The van der Waals surface area contributed by atoms with Crippen LogP contribution in [0.2, 0.25) is 5.02 Å². The van der Waals surface area contributed by atoms with E-state index < -0.39 is 0 Å². The van der Waals surface area contributed by atoms with Crippen LogP contribution in [0.3, 0.4) is 0 Å². The Kier molecular flexibility index (Phi) is 10.9. The van der Waals surface area contributed by atoms with E-state index in [1.165, 1.54) is 32.4 Å². The van der Waals surface area contributed by atoms with Crippen LogP contribution in [0, 0.1) is 0 Å². The van der Waals surface area contributed by atoms with Crippen LogP contribution in [-0.2, 0) is 14.3 Å². The number of unbranched alkanes of at least 4 members (excludes halogenated alkanes) is 2. The quantitative estimate of drug-likeness (QED) is 0.343. The van der Waals surface area contributed by atoms with Crippen LogP contribution in [0.1, 0.15) is 74.6 Å². The standard InChI is InChI=1S/C25H39ClN4O5/c1-33-21-16-30(13-8-4-7-11-22(31)35-17-9-5-3-6-10-17)14-12-20(21)28-24(32)18-15-19(26)23(27)29-25(18)34-2/h15,17,20-21H,3-14,16H2,1-2H3,(H2,27,29)(H,28,32)/t20-,21+/m1/s1. The van der Waals surface area contributed by atoms with Gasteiger partial charge in [0.15, 0.2) is 0 Å². The summed E-state index contributed by atoms with van der Waals surface area (Å²) in [6.45, 7) is 2.51. The highest BCUT2D eigenvalue weighted by Gasteiger charge is 2.31. The molecule has 2 heterocycles. The van der Waals surface area contributed by atoms with Gasteiger partial charge >= 0.3 is 5.97 Å². The number of carbonyl (C=O) groups is 2. The molecule has 2 atom stereocenters. The topological polar surface area (TPSA) is 116 Å². The maximum atomic E-state index is 12.9. The summed E-state index contributed by atoms with van der Waals surface area (Å²) >= 11 is 6.06. The van der Waals surface area contributed by atoms with Crippen molar-refractivity contribution in [2.24, 2.45) is 0 Å². The van der Waals surface area contributed by atoms with Gasteiger partial charge in [-0.2, -0.15) is 4.98 Å². The summed E-state index contributed by atoms with van der Waals surface area (Å²) in [5.41, 5.74) is 5.96. The molecular weight excluding hydrogens is 472 g/mol. The Bertz CT molecular complexity index is 849. The molecule has 196 valence electrons. The molecule has 0 radical (unpaired) electrons. The SMILES string of the molecule is COc1nc(N)c(Cl)cc1C(=O)N[C@@H]1CCN(CCCCCC(=O)OC2CCCCC2)C[C@@H]1OC. The number of likely N-dealkylation sites (tertiary alicyclic amines) is 1. The smallest absolute Gasteiger partial charge is 0.306 e. The summed E-state index contributed by atoms with van der Waals surface area (Å²) in [6.07, 6.45) is 9.73. The van der Waals surface area contributed by atoms with Gasteiger partial charge in [-0.05, 0) is 57.6 Å². The summed E-state index contributed by atoms with van der Waals surface area (Å²) in [6, 6.07) is 1.33. The molecular formula is C25H39ClN4O5. The number of methoxy groups -OCH3 is 2. The third-order valence-corrected chi connectivity index (χ3v) is 7.18. The van der Waals surface area contributed by atoms with Gasteiger partial charge in [0.2, 0.25) is 5.88 Å². The summed E-state index contributed by atoms with van der Waals surface area (Å²) in [5, 5.41) is 3.24. The van der Waals surface area contributed by atoms with Crippen LogP contribution in [0.15, 0.2) is 6.07 Å². The summed E-state index contributed by atoms with van der Waals surface area (Å²) < 4.78 is 16.5. The largest absolute Gasteiger partial charge is 0.480 e. The molecule has 1 saturated carbocycles. The van der Waals surface area contributed by atoms with Gasteiger partial charge in [0.25, 0.3) is 5.91 Å². The van der Waals surface area contributed by atoms with Gasteiger partial charge in [-0.3, -0.25) is 9.59 Å². The predicted molar refractivity (Wildman–Crippen MR) is 135 cm³/mol. The minimum Gasteiger partial charge on any atom is -0.480 e. The molecule has 1 aliphatic carbocycles. The van der Waals surface area contributed by atoms with E-state index in [0.717, 1.165) is 58.2 Å². The first-order valence-corrected chi connectivity index (χ1v) is 13.0. The molecule has 3 rings (SSSR count). The number of aromatic nitrogens is 1. The number of pyridine rings is 1. The Hall–Kier alpha value is -2.10. The average Bonchev–Trinajstić information content (AvgIpc) is 2.86. The number of piperidine rings is 1. The third-order valence-electron chi connectivity index (χ3n) is 6.87. The molecule has 1 aromatic heterocycles. The highest BCUT2D eigenvalue weighted by molar-refractivity contribution is 6.33. The van der Waals surface area contributed by atoms with Gasteiger partial charge in [0.05, 0.1) is 24.3 Å². The van der Waals surface area contributed by atoms with Crippen molar-refractivity contribution in [2.75, 3.05) is 39.6 Å². The molecule has 35 heavy (non-hydrogen) atoms. The first-order valence-electron chi connectivity index (χ1n) is 12.7. The Labute approximate surface area is 213 Å². The molecule has 1 aromatic rings. The van der Waals surface area contributed by atoms with Gasteiger partial charge in [-0.15, -0.1) is 0 Å². The van der Waals surface area contributed by atoms with Gasteiger partial charge in [-0.25, -0.2) is 0 Å². The fraction of sp³-hybridized carbons (Fsp3) is 0.720. The number of hydrogen-bond acceptors (Lipinski definition) is 8. The first kappa shape index (κ1) is 27.5. The predicted octanol–water partition coefficient (Wildman–Crippen LogP) is 3.58. The lowest BCUT2D eigenvalue weighted by atomic mass is 9.98. The van der Waals surface area contributed by atoms with Crippen molar-refractivity contribution in [3.05, 3.63) is 16.7 Å². The number of amides is 1. The van der Waals surface area contributed by atoms with E-state index in [4.69, 9.17) is 31.5 Å². The molecule has 0 bridgehead atoms.